The molecule has 1 unspecified atom stereocenters. The van der Waals surface area contributed by atoms with E-state index in [-0.39, 0.29) is 12.0 Å². The molecule has 0 bridgehead atoms. The summed E-state index contributed by atoms with van der Waals surface area (Å²) in [6.07, 6.45) is 0.911. The molecule has 0 saturated heterocycles. The SMILES string of the molecule is CCCC(Oc1ccc(C)cc1[C@@H](C)N)C(=O)OCC. The van der Waals surface area contributed by atoms with Crippen molar-refractivity contribution in [1.29, 1.82) is 0 Å². The maximum Gasteiger partial charge on any atom is 0.347 e. The van der Waals surface area contributed by atoms with Crippen LogP contribution in [0.25, 0.3) is 0 Å². The zero-order valence-corrected chi connectivity index (χ0v) is 12.8. The van der Waals surface area contributed by atoms with E-state index in [2.05, 4.69) is 0 Å². The topological polar surface area (TPSA) is 61.5 Å². The van der Waals surface area contributed by atoms with Gasteiger partial charge in [-0.3, -0.25) is 0 Å². The molecule has 0 amide bonds. The van der Waals surface area contributed by atoms with E-state index in [0.29, 0.717) is 18.8 Å². The lowest BCUT2D eigenvalue weighted by molar-refractivity contribution is -0.151. The largest absolute Gasteiger partial charge is 0.478 e. The van der Waals surface area contributed by atoms with Gasteiger partial charge in [-0.2, -0.15) is 0 Å². The van der Waals surface area contributed by atoms with Gasteiger partial charge in [-0.05, 0) is 33.3 Å². The fraction of sp³-hybridized carbons (Fsp3) is 0.562. The minimum absolute atomic E-state index is 0.144. The predicted molar refractivity (Wildman–Crippen MR) is 79.7 cm³/mol. The Morgan fingerprint density at radius 3 is 2.60 bits per heavy atom. The van der Waals surface area contributed by atoms with Crippen molar-refractivity contribution in [3.05, 3.63) is 29.3 Å². The lowest BCUT2D eigenvalue weighted by Crippen LogP contribution is -2.30. The molecule has 0 aliphatic heterocycles. The second kappa shape index (κ2) is 7.90. The maximum absolute atomic E-state index is 11.9. The van der Waals surface area contributed by atoms with Gasteiger partial charge in [-0.25, -0.2) is 4.79 Å². The molecule has 2 N–H and O–H groups in total. The Morgan fingerprint density at radius 1 is 1.35 bits per heavy atom. The summed E-state index contributed by atoms with van der Waals surface area (Å²) in [6.45, 7) is 8.07. The van der Waals surface area contributed by atoms with Crippen LogP contribution in [0.1, 0.15) is 50.8 Å². The van der Waals surface area contributed by atoms with Gasteiger partial charge in [-0.15, -0.1) is 0 Å². The summed E-state index contributed by atoms with van der Waals surface area (Å²) < 4.78 is 10.9. The molecule has 4 nitrogen and oxygen atoms in total. The van der Waals surface area contributed by atoms with Crippen LogP contribution >= 0.6 is 0 Å². The van der Waals surface area contributed by atoms with Crippen molar-refractivity contribution in [3.8, 4) is 5.75 Å². The van der Waals surface area contributed by atoms with E-state index in [1.54, 1.807) is 6.92 Å². The van der Waals surface area contributed by atoms with Crippen LogP contribution in [0.2, 0.25) is 0 Å². The zero-order valence-electron chi connectivity index (χ0n) is 12.8. The Hall–Kier alpha value is -1.55. The molecule has 1 rings (SSSR count). The number of benzene rings is 1. The van der Waals surface area contributed by atoms with Crippen LogP contribution in [0.3, 0.4) is 0 Å². The molecule has 2 atom stereocenters. The number of rotatable bonds is 7. The van der Waals surface area contributed by atoms with E-state index < -0.39 is 6.10 Å². The molecule has 0 heterocycles. The average molecular weight is 279 g/mol. The third-order valence-corrected chi connectivity index (χ3v) is 3.03. The van der Waals surface area contributed by atoms with E-state index in [4.69, 9.17) is 15.2 Å². The van der Waals surface area contributed by atoms with Crippen LogP contribution in [-0.4, -0.2) is 18.7 Å². The van der Waals surface area contributed by atoms with Gasteiger partial charge in [0.05, 0.1) is 6.61 Å². The van der Waals surface area contributed by atoms with Crippen molar-refractivity contribution in [3.63, 3.8) is 0 Å². The van der Waals surface area contributed by atoms with Crippen molar-refractivity contribution in [2.45, 2.75) is 52.7 Å². The highest BCUT2D eigenvalue weighted by Crippen LogP contribution is 2.27. The predicted octanol–water partition coefficient (Wildman–Crippen LogP) is 3.13. The van der Waals surface area contributed by atoms with Crippen LogP contribution < -0.4 is 10.5 Å². The maximum atomic E-state index is 11.9. The lowest BCUT2D eigenvalue weighted by Gasteiger charge is -2.20. The third-order valence-electron chi connectivity index (χ3n) is 3.03. The molecule has 0 saturated carbocycles. The second-order valence-electron chi connectivity index (χ2n) is 4.98. The normalized spacial score (nSPS) is 13.7. The summed E-state index contributed by atoms with van der Waals surface area (Å²) in [4.78, 5) is 11.9. The van der Waals surface area contributed by atoms with Gasteiger partial charge in [-0.1, -0.05) is 31.0 Å². The van der Waals surface area contributed by atoms with Crippen LogP contribution in [-0.2, 0) is 9.53 Å². The zero-order chi connectivity index (χ0) is 15.1. The lowest BCUT2D eigenvalue weighted by atomic mass is 10.0. The van der Waals surface area contributed by atoms with Gasteiger partial charge in [0.15, 0.2) is 6.10 Å². The highest BCUT2D eigenvalue weighted by atomic mass is 16.6. The molecule has 1 aromatic carbocycles. The number of carbonyl (C=O) groups excluding carboxylic acids is 1. The molecule has 112 valence electrons. The standard InChI is InChI=1S/C16H25NO3/c1-5-7-15(16(18)19-6-2)20-14-9-8-11(3)10-13(14)12(4)17/h8-10,12,15H,5-7,17H2,1-4H3/t12-,15?/m1/s1. The van der Waals surface area contributed by atoms with Crippen molar-refractivity contribution in [2.75, 3.05) is 6.61 Å². The Morgan fingerprint density at radius 2 is 2.05 bits per heavy atom. The summed E-state index contributed by atoms with van der Waals surface area (Å²) in [7, 11) is 0. The van der Waals surface area contributed by atoms with Crippen molar-refractivity contribution in [2.24, 2.45) is 5.73 Å². The van der Waals surface area contributed by atoms with Gasteiger partial charge < -0.3 is 15.2 Å². The van der Waals surface area contributed by atoms with Crippen LogP contribution in [0.15, 0.2) is 18.2 Å². The quantitative estimate of drug-likeness (QED) is 0.779. The first kappa shape index (κ1) is 16.5. The minimum Gasteiger partial charge on any atom is -0.478 e. The molecule has 1 aromatic rings. The van der Waals surface area contributed by atoms with Gasteiger partial charge >= 0.3 is 5.97 Å². The van der Waals surface area contributed by atoms with Crippen molar-refractivity contribution in [1.82, 2.24) is 0 Å². The number of esters is 1. The molecule has 0 spiro atoms. The van der Waals surface area contributed by atoms with Crippen LogP contribution in [0.4, 0.5) is 0 Å². The first-order chi connectivity index (χ1) is 9.49. The first-order valence-electron chi connectivity index (χ1n) is 7.19. The molecule has 0 aliphatic carbocycles. The number of hydrogen-bond acceptors (Lipinski definition) is 4. The van der Waals surface area contributed by atoms with E-state index in [0.717, 1.165) is 17.5 Å². The van der Waals surface area contributed by atoms with Crippen LogP contribution in [0.5, 0.6) is 5.75 Å². The van der Waals surface area contributed by atoms with Gasteiger partial charge in [0.2, 0.25) is 0 Å². The summed E-state index contributed by atoms with van der Waals surface area (Å²) in [5.74, 6) is 0.350. The van der Waals surface area contributed by atoms with E-state index in [1.165, 1.54) is 0 Å². The molecule has 0 aliphatic rings. The third kappa shape index (κ3) is 4.53. The Bertz CT molecular complexity index is 443. The fourth-order valence-electron chi connectivity index (χ4n) is 2.01. The van der Waals surface area contributed by atoms with E-state index >= 15 is 0 Å². The fourth-order valence-corrected chi connectivity index (χ4v) is 2.01. The number of hydrogen-bond donors (Lipinski definition) is 1. The molecule has 4 heteroatoms. The monoisotopic (exact) mass is 279 g/mol. The van der Waals surface area contributed by atoms with Crippen molar-refractivity contribution >= 4 is 5.97 Å². The summed E-state index contributed by atoms with van der Waals surface area (Å²) in [5, 5.41) is 0. The van der Waals surface area contributed by atoms with Gasteiger partial charge in [0.1, 0.15) is 5.75 Å². The summed E-state index contributed by atoms with van der Waals surface area (Å²) in [6, 6.07) is 5.67. The van der Waals surface area contributed by atoms with E-state index in [1.807, 2.05) is 39.0 Å². The smallest absolute Gasteiger partial charge is 0.347 e. The van der Waals surface area contributed by atoms with Crippen molar-refractivity contribution < 1.29 is 14.3 Å². The second-order valence-corrected chi connectivity index (χ2v) is 4.98. The Kier molecular flexibility index (Phi) is 6.52. The molecular formula is C16H25NO3. The summed E-state index contributed by atoms with van der Waals surface area (Å²) >= 11 is 0. The van der Waals surface area contributed by atoms with Gasteiger partial charge in [0.25, 0.3) is 0 Å². The number of nitrogens with two attached hydrogens (primary N) is 1. The molecule has 20 heavy (non-hydrogen) atoms. The average Bonchev–Trinajstić information content (AvgIpc) is 2.40. The number of carbonyl (C=O) groups is 1. The molecule has 0 fully saturated rings. The van der Waals surface area contributed by atoms with E-state index in [9.17, 15) is 4.79 Å². The number of aryl methyl sites for hydroxylation is 1. The number of ether oxygens (including phenoxy) is 2. The van der Waals surface area contributed by atoms with Gasteiger partial charge in [0, 0.05) is 11.6 Å². The Labute approximate surface area is 121 Å². The highest BCUT2D eigenvalue weighted by Gasteiger charge is 2.22. The first-order valence-corrected chi connectivity index (χ1v) is 7.19. The molecule has 0 aromatic heterocycles. The Balaban J connectivity index is 2.95. The minimum atomic E-state index is -0.569. The highest BCUT2D eigenvalue weighted by molar-refractivity contribution is 5.75. The molecule has 0 radical (unpaired) electrons. The summed E-state index contributed by atoms with van der Waals surface area (Å²) in [5.41, 5.74) is 8.00. The van der Waals surface area contributed by atoms with Crippen LogP contribution in [0, 0.1) is 6.92 Å². The molecular weight excluding hydrogens is 254 g/mol.